The maximum atomic E-state index is 12.3. The van der Waals surface area contributed by atoms with Crippen LogP contribution in [0.25, 0.3) is 0 Å². The van der Waals surface area contributed by atoms with E-state index in [-0.39, 0.29) is 18.3 Å². The third kappa shape index (κ3) is 4.11. The zero-order valence-electron chi connectivity index (χ0n) is 13.2. The summed E-state index contributed by atoms with van der Waals surface area (Å²) in [5.74, 6) is 0. The van der Waals surface area contributed by atoms with Gasteiger partial charge < -0.3 is 14.4 Å². The summed E-state index contributed by atoms with van der Waals surface area (Å²) in [6.45, 7) is 3.34. The summed E-state index contributed by atoms with van der Waals surface area (Å²) in [4.78, 5) is 14.1. The van der Waals surface area contributed by atoms with Crippen molar-refractivity contribution < 1.29 is 14.3 Å². The predicted octanol–water partition coefficient (Wildman–Crippen LogP) is 3.79. The first-order valence-corrected chi connectivity index (χ1v) is 7.88. The molecule has 2 unspecified atom stereocenters. The van der Waals surface area contributed by atoms with Gasteiger partial charge in [-0.3, -0.25) is 0 Å². The molecule has 1 fully saturated rings. The smallest absolute Gasteiger partial charge is 0.410 e. The summed E-state index contributed by atoms with van der Waals surface area (Å²) < 4.78 is 11.4. The first kappa shape index (κ1) is 15.6. The Labute approximate surface area is 136 Å². The fraction of sp³-hybridized carbons (Fsp3) is 0.316. The Morgan fingerprint density at radius 1 is 1.09 bits per heavy atom. The van der Waals surface area contributed by atoms with Crippen LogP contribution < -0.4 is 0 Å². The van der Waals surface area contributed by atoms with Crippen molar-refractivity contribution in [3.05, 3.63) is 71.8 Å². The molecule has 0 bridgehead atoms. The normalized spacial score (nSPS) is 21.0. The van der Waals surface area contributed by atoms with Crippen LogP contribution in [0.3, 0.4) is 0 Å². The molecular formula is C19H21NO3. The Kier molecular flexibility index (Phi) is 4.93. The Morgan fingerprint density at radius 3 is 2.43 bits per heavy atom. The Morgan fingerprint density at radius 2 is 1.74 bits per heavy atom. The average Bonchev–Trinajstić information content (AvgIpc) is 2.61. The van der Waals surface area contributed by atoms with Crippen molar-refractivity contribution in [1.29, 1.82) is 0 Å². The molecule has 3 rings (SSSR count). The summed E-state index contributed by atoms with van der Waals surface area (Å²) >= 11 is 0. The number of hydrogen-bond donors (Lipinski definition) is 0. The zero-order valence-corrected chi connectivity index (χ0v) is 13.2. The number of morpholine rings is 1. The van der Waals surface area contributed by atoms with Crippen molar-refractivity contribution in [3.8, 4) is 0 Å². The van der Waals surface area contributed by atoms with Crippen molar-refractivity contribution in [3.63, 3.8) is 0 Å². The van der Waals surface area contributed by atoms with E-state index in [0.29, 0.717) is 19.7 Å². The lowest BCUT2D eigenvalue weighted by molar-refractivity contribution is -0.0747. The lowest BCUT2D eigenvalue weighted by Crippen LogP contribution is -2.46. The highest BCUT2D eigenvalue weighted by Gasteiger charge is 2.30. The van der Waals surface area contributed by atoms with E-state index in [0.717, 1.165) is 11.1 Å². The van der Waals surface area contributed by atoms with E-state index in [9.17, 15) is 4.79 Å². The minimum atomic E-state index is -0.287. The molecule has 0 aliphatic carbocycles. The van der Waals surface area contributed by atoms with Crippen LogP contribution in [0.15, 0.2) is 60.7 Å². The van der Waals surface area contributed by atoms with Crippen LogP contribution in [0.4, 0.5) is 4.79 Å². The van der Waals surface area contributed by atoms with Crippen LogP contribution in [0.5, 0.6) is 0 Å². The number of nitrogens with zero attached hydrogens (tertiary/aromatic N) is 1. The molecule has 2 atom stereocenters. The molecule has 1 aliphatic rings. The van der Waals surface area contributed by atoms with Gasteiger partial charge in [-0.1, -0.05) is 60.7 Å². The number of amides is 1. The molecule has 0 N–H and O–H groups in total. The molecule has 2 aromatic rings. The largest absolute Gasteiger partial charge is 0.445 e. The van der Waals surface area contributed by atoms with Gasteiger partial charge in [0.05, 0.1) is 19.2 Å². The van der Waals surface area contributed by atoms with Gasteiger partial charge in [0, 0.05) is 0 Å². The van der Waals surface area contributed by atoms with E-state index in [4.69, 9.17) is 9.47 Å². The fourth-order valence-corrected chi connectivity index (χ4v) is 2.76. The van der Waals surface area contributed by atoms with Gasteiger partial charge in [0.1, 0.15) is 12.7 Å². The lowest BCUT2D eigenvalue weighted by atomic mass is 10.1. The molecule has 1 amide bonds. The number of carbonyl (C=O) groups is 1. The van der Waals surface area contributed by atoms with Gasteiger partial charge in [-0.25, -0.2) is 4.79 Å². The number of rotatable bonds is 3. The maximum absolute atomic E-state index is 12.3. The van der Waals surface area contributed by atoms with Crippen LogP contribution >= 0.6 is 0 Å². The lowest BCUT2D eigenvalue weighted by Gasteiger charge is -2.36. The van der Waals surface area contributed by atoms with Crippen molar-refractivity contribution in [2.24, 2.45) is 0 Å². The molecule has 0 aromatic heterocycles. The van der Waals surface area contributed by atoms with Gasteiger partial charge in [-0.15, -0.1) is 0 Å². The van der Waals surface area contributed by atoms with Crippen LogP contribution in [0.2, 0.25) is 0 Å². The van der Waals surface area contributed by atoms with Gasteiger partial charge in [0.15, 0.2) is 0 Å². The van der Waals surface area contributed by atoms with Crippen LogP contribution in [0, 0.1) is 0 Å². The van der Waals surface area contributed by atoms with E-state index in [1.54, 1.807) is 4.90 Å². The maximum Gasteiger partial charge on any atom is 0.410 e. The number of ether oxygens (including phenoxy) is 2. The second kappa shape index (κ2) is 7.29. The molecule has 0 radical (unpaired) electrons. The minimum Gasteiger partial charge on any atom is -0.445 e. The highest BCUT2D eigenvalue weighted by molar-refractivity contribution is 5.68. The molecule has 1 saturated heterocycles. The third-order valence-corrected chi connectivity index (χ3v) is 3.89. The zero-order chi connectivity index (χ0) is 16.1. The minimum absolute atomic E-state index is 0.0155. The molecule has 4 heteroatoms. The number of benzene rings is 2. The highest BCUT2D eigenvalue weighted by atomic mass is 16.6. The summed E-state index contributed by atoms with van der Waals surface area (Å²) in [7, 11) is 0. The summed E-state index contributed by atoms with van der Waals surface area (Å²) in [5.41, 5.74) is 2.07. The monoisotopic (exact) mass is 311 g/mol. The Bertz CT molecular complexity index is 630. The molecule has 1 aliphatic heterocycles. The topological polar surface area (TPSA) is 38.8 Å². The second-order valence-electron chi connectivity index (χ2n) is 5.79. The van der Waals surface area contributed by atoms with Gasteiger partial charge >= 0.3 is 6.09 Å². The molecule has 1 heterocycles. The molecule has 2 aromatic carbocycles. The fourth-order valence-electron chi connectivity index (χ4n) is 2.76. The first-order valence-electron chi connectivity index (χ1n) is 7.88. The molecule has 4 nitrogen and oxygen atoms in total. The Balaban J connectivity index is 1.61. The Hall–Kier alpha value is -2.33. The van der Waals surface area contributed by atoms with Gasteiger partial charge in [-0.05, 0) is 18.1 Å². The van der Waals surface area contributed by atoms with E-state index < -0.39 is 0 Å². The SMILES string of the molecule is CC1CN(C(=O)OCc2ccccc2)CC(c2ccccc2)O1. The van der Waals surface area contributed by atoms with Crippen molar-refractivity contribution in [2.45, 2.75) is 25.7 Å². The third-order valence-electron chi connectivity index (χ3n) is 3.89. The molecular weight excluding hydrogens is 290 g/mol. The number of carbonyl (C=O) groups excluding carboxylic acids is 1. The van der Waals surface area contributed by atoms with Crippen LogP contribution in [-0.2, 0) is 16.1 Å². The summed E-state index contributed by atoms with van der Waals surface area (Å²) in [6, 6.07) is 19.7. The van der Waals surface area contributed by atoms with E-state index >= 15 is 0 Å². The first-order chi connectivity index (χ1) is 11.2. The van der Waals surface area contributed by atoms with Crippen LogP contribution in [-0.4, -0.2) is 30.2 Å². The van der Waals surface area contributed by atoms with Gasteiger partial charge in [0.2, 0.25) is 0 Å². The standard InChI is InChI=1S/C19H21NO3/c1-15-12-20(13-18(23-15)17-10-6-3-7-11-17)19(21)22-14-16-8-4-2-5-9-16/h2-11,15,18H,12-14H2,1H3. The molecule has 0 saturated carbocycles. The quantitative estimate of drug-likeness (QED) is 0.866. The van der Waals surface area contributed by atoms with E-state index in [2.05, 4.69) is 0 Å². The average molecular weight is 311 g/mol. The van der Waals surface area contributed by atoms with Crippen molar-refractivity contribution >= 4 is 6.09 Å². The van der Waals surface area contributed by atoms with Crippen molar-refractivity contribution in [1.82, 2.24) is 4.90 Å². The predicted molar refractivity (Wildman–Crippen MR) is 87.9 cm³/mol. The second-order valence-corrected chi connectivity index (χ2v) is 5.79. The van der Waals surface area contributed by atoms with E-state index in [1.807, 2.05) is 67.6 Å². The van der Waals surface area contributed by atoms with Gasteiger partial charge in [-0.2, -0.15) is 0 Å². The summed E-state index contributed by atoms with van der Waals surface area (Å²) in [5, 5.41) is 0. The van der Waals surface area contributed by atoms with Crippen LogP contribution in [0.1, 0.15) is 24.2 Å². The van der Waals surface area contributed by atoms with Crippen molar-refractivity contribution in [2.75, 3.05) is 13.1 Å². The number of hydrogen-bond acceptors (Lipinski definition) is 3. The van der Waals surface area contributed by atoms with Gasteiger partial charge in [0.25, 0.3) is 0 Å². The molecule has 23 heavy (non-hydrogen) atoms. The summed E-state index contributed by atoms with van der Waals surface area (Å²) in [6.07, 6.45) is -0.410. The molecule has 120 valence electrons. The molecule has 0 spiro atoms. The highest BCUT2D eigenvalue weighted by Crippen LogP contribution is 2.25. The van der Waals surface area contributed by atoms with E-state index in [1.165, 1.54) is 0 Å².